The molecule has 0 saturated heterocycles. The number of nitrogens with one attached hydrogen (secondary N) is 1. The molecule has 3 unspecified atom stereocenters. The summed E-state index contributed by atoms with van der Waals surface area (Å²) in [5.41, 5.74) is 0. The summed E-state index contributed by atoms with van der Waals surface area (Å²) in [6, 6.07) is 0. The monoisotopic (exact) mass is 311 g/mol. The first-order valence-corrected chi connectivity index (χ1v) is 8.04. The van der Waals surface area contributed by atoms with Gasteiger partial charge in [-0.25, -0.2) is 0 Å². The van der Waals surface area contributed by atoms with E-state index in [4.69, 9.17) is 0 Å². The third-order valence-corrected chi connectivity index (χ3v) is 4.59. The smallest absolute Gasteiger partial charge is 0.307 e. The van der Waals surface area contributed by atoms with Gasteiger partial charge in [-0.3, -0.25) is 9.59 Å². The predicted octanol–water partition coefficient (Wildman–Crippen LogP) is 2.42. The Morgan fingerprint density at radius 2 is 2.00 bits per heavy atom. The van der Waals surface area contributed by atoms with E-state index >= 15 is 0 Å². The number of aromatic nitrogens is 2. The minimum Gasteiger partial charge on any atom is -0.481 e. The van der Waals surface area contributed by atoms with Crippen molar-refractivity contribution in [3.8, 4) is 0 Å². The number of aliphatic carboxylic acids is 1. The van der Waals surface area contributed by atoms with Crippen molar-refractivity contribution in [2.45, 2.75) is 40.0 Å². The first-order chi connectivity index (χ1) is 9.86. The number of hydrogen-bond acceptors (Lipinski definition) is 5. The Morgan fingerprint density at radius 3 is 2.62 bits per heavy atom. The van der Waals surface area contributed by atoms with E-state index in [2.05, 4.69) is 29.4 Å². The lowest BCUT2D eigenvalue weighted by atomic mass is 9.95. The molecule has 0 aromatic carbocycles. The molecule has 1 amide bonds. The molecule has 1 aliphatic rings. The normalized spacial score (nSPS) is 25.2. The summed E-state index contributed by atoms with van der Waals surface area (Å²) >= 11 is 1.36. The van der Waals surface area contributed by atoms with Gasteiger partial charge in [-0.05, 0) is 24.7 Å². The van der Waals surface area contributed by atoms with Crippen LogP contribution in [0.4, 0.5) is 5.13 Å². The quantitative estimate of drug-likeness (QED) is 0.871. The van der Waals surface area contributed by atoms with Crippen molar-refractivity contribution in [3.63, 3.8) is 0 Å². The third-order valence-electron chi connectivity index (χ3n) is 3.73. The van der Waals surface area contributed by atoms with Crippen molar-refractivity contribution in [3.05, 3.63) is 5.01 Å². The molecule has 1 aromatic heterocycles. The fraction of sp³-hybridized carbons (Fsp3) is 0.714. The van der Waals surface area contributed by atoms with Gasteiger partial charge in [0, 0.05) is 6.42 Å². The van der Waals surface area contributed by atoms with Crippen LogP contribution in [-0.4, -0.2) is 27.2 Å². The lowest BCUT2D eigenvalue weighted by molar-refractivity contribution is -0.145. The van der Waals surface area contributed by atoms with E-state index in [9.17, 15) is 14.7 Å². The number of carbonyl (C=O) groups is 2. The molecule has 3 atom stereocenters. The van der Waals surface area contributed by atoms with Crippen molar-refractivity contribution >= 4 is 28.3 Å². The topological polar surface area (TPSA) is 92.2 Å². The van der Waals surface area contributed by atoms with Crippen molar-refractivity contribution < 1.29 is 14.7 Å². The second-order valence-electron chi connectivity index (χ2n) is 6.22. The van der Waals surface area contributed by atoms with E-state index in [1.807, 2.05) is 6.92 Å². The molecule has 1 saturated carbocycles. The first kappa shape index (κ1) is 15.9. The maximum Gasteiger partial charge on any atom is 0.307 e. The Labute approximate surface area is 128 Å². The van der Waals surface area contributed by atoms with E-state index in [1.165, 1.54) is 11.3 Å². The molecule has 7 heteroatoms. The van der Waals surface area contributed by atoms with Crippen molar-refractivity contribution in [1.29, 1.82) is 0 Å². The van der Waals surface area contributed by atoms with Gasteiger partial charge in [0.1, 0.15) is 5.01 Å². The minimum absolute atomic E-state index is 0.251. The van der Waals surface area contributed by atoms with Crippen LogP contribution in [0, 0.1) is 23.7 Å². The highest BCUT2D eigenvalue weighted by molar-refractivity contribution is 7.15. The van der Waals surface area contributed by atoms with Crippen LogP contribution < -0.4 is 5.32 Å². The van der Waals surface area contributed by atoms with Crippen LogP contribution >= 0.6 is 11.3 Å². The SMILES string of the molecule is CC(C)Cc1nnc(NC(=O)C2CC(C)CC2C(=O)O)s1. The van der Waals surface area contributed by atoms with Crippen molar-refractivity contribution in [2.24, 2.45) is 23.7 Å². The zero-order chi connectivity index (χ0) is 15.6. The lowest BCUT2D eigenvalue weighted by Crippen LogP contribution is -2.29. The van der Waals surface area contributed by atoms with E-state index < -0.39 is 17.8 Å². The minimum atomic E-state index is -0.891. The number of carboxylic acid groups (broad SMARTS) is 1. The van der Waals surface area contributed by atoms with E-state index in [0.29, 0.717) is 23.9 Å². The van der Waals surface area contributed by atoms with E-state index in [0.717, 1.165) is 11.4 Å². The van der Waals surface area contributed by atoms with Crippen molar-refractivity contribution in [2.75, 3.05) is 5.32 Å². The zero-order valence-electron chi connectivity index (χ0n) is 12.5. The molecule has 0 aliphatic heterocycles. The number of hydrogen-bond donors (Lipinski definition) is 2. The highest BCUT2D eigenvalue weighted by atomic mass is 32.1. The van der Waals surface area contributed by atoms with Gasteiger partial charge in [0.05, 0.1) is 11.8 Å². The summed E-state index contributed by atoms with van der Waals surface area (Å²) in [6.45, 7) is 6.17. The van der Waals surface area contributed by atoms with Crippen LogP contribution in [0.5, 0.6) is 0 Å². The average Bonchev–Trinajstić information content (AvgIpc) is 2.95. The summed E-state index contributed by atoms with van der Waals surface area (Å²) in [7, 11) is 0. The van der Waals surface area contributed by atoms with Gasteiger partial charge < -0.3 is 10.4 Å². The Balaban J connectivity index is 2.00. The molecular weight excluding hydrogens is 290 g/mol. The van der Waals surface area contributed by atoms with Crippen molar-refractivity contribution in [1.82, 2.24) is 10.2 Å². The van der Waals surface area contributed by atoms with Crippen LogP contribution in [0.25, 0.3) is 0 Å². The number of nitrogens with zero attached hydrogens (tertiary/aromatic N) is 2. The molecule has 0 bridgehead atoms. The fourth-order valence-electron chi connectivity index (χ4n) is 2.79. The number of carbonyl (C=O) groups excluding carboxylic acids is 1. The van der Waals surface area contributed by atoms with Gasteiger partial charge in [-0.1, -0.05) is 32.1 Å². The largest absolute Gasteiger partial charge is 0.481 e. The summed E-state index contributed by atoms with van der Waals surface area (Å²) in [4.78, 5) is 23.5. The van der Waals surface area contributed by atoms with Gasteiger partial charge in [-0.15, -0.1) is 10.2 Å². The molecule has 2 N–H and O–H groups in total. The molecule has 1 aromatic rings. The Morgan fingerprint density at radius 1 is 1.33 bits per heavy atom. The number of anilines is 1. The van der Waals surface area contributed by atoms with Gasteiger partial charge in [-0.2, -0.15) is 0 Å². The number of carboxylic acids is 1. The number of rotatable bonds is 5. The predicted molar refractivity (Wildman–Crippen MR) is 80.1 cm³/mol. The second-order valence-corrected chi connectivity index (χ2v) is 7.28. The molecule has 2 rings (SSSR count). The average molecular weight is 311 g/mol. The molecule has 6 nitrogen and oxygen atoms in total. The highest BCUT2D eigenvalue weighted by Crippen LogP contribution is 2.37. The lowest BCUT2D eigenvalue weighted by Gasteiger charge is -2.13. The van der Waals surface area contributed by atoms with Gasteiger partial charge in [0.25, 0.3) is 0 Å². The van der Waals surface area contributed by atoms with Gasteiger partial charge in [0.2, 0.25) is 11.0 Å². The van der Waals surface area contributed by atoms with E-state index in [-0.39, 0.29) is 11.8 Å². The fourth-order valence-corrected chi connectivity index (χ4v) is 3.74. The maximum atomic E-state index is 12.3. The molecule has 1 aliphatic carbocycles. The molecule has 1 heterocycles. The summed E-state index contributed by atoms with van der Waals surface area (Å²) in [5, 5.41) is 21.3. The van der Waals surface area contributed by atoms with Gasteiger partial charge in [0.15, 0.2) is 0 Å². The molecule has 21 heavy (non-hydrogen) atoms. The summed E-state index contributed by atoms with van der Waals surface area (Å²) < 4.78 is 0. The van der Waals surface area contributed by atoms with E-state index in [1.54, 1.807) is 0 Å². The maximum absolute atomic E-state index is 12.3. The molecule has 0 spiro atoms. The zero-order valence-corrected chi connectivity index (χ0v) is 13.3. The number of amides is 1. The Bertz CT molecular complexity index is 529. The first-order valence-electron chi connectivity index (χ1n) is 7.22. The van der Waals surface area contributed by atoms with Crippen LogP contribution in [-0.2, 0) is 16.0 Å². The van der Waals surface area contributed by atoms with Crippen LogP contribution in [0.2, 0.25) is 0 Å². The summed E-state index contributed by atoms with van der Waals surface area (Å²) in [6.07, 6.45) is 1.99. The summed E-state index contributed by atoms with van der Waals surface area (Å²) in [5.74, 6) is -1.48. The Kier molecular flexibility index (Phi) is 4.92. The second kappa shape index (κ2) is 6.51. The molecular formula is C14H21N3O3S. The highest BCUT2D eigenvalue weighted by Gasteiger charge is 2.41. The molecule has 0 radical (unpaired) electrons. The van der Waals surface area contributed by atoms with Gasteiger partial charge >= 0.3 is 5.97 Å². The third kappa shape index (κ3) is 4.00. The van der Waals surface area contributed by atoms with Crippen LogP contribution in [0.3, 0.4) is 0 Å². The molecule has 1 fully saturated rings. The standard InChI is InChI=1S/C14H21N3O3S/c1-7(2)4-11-16-17-14(21-11)15-12(18)9-5-8(3)6-10(9)13(19)20/h7-10H,4-6H2,1-3H3,(H,19,20)(H,15,17,18). The molecule has 116 valence electrons. The van der Waals surface area contributed by atoms with Crippen LogP contribution in [0.15, 0.2) is 0 Å². The van der Waals surface area contributed by atoms with Crippen LogP contribution in [0.1, 0.15) is 38.6 Å². The Hall–Kier alpha value is -1.50.